The fourth-order valence-electron chi connectivity index (χ4n) is 1.03. The third-order valence-electron chi connectivity index (χ3n) is 1.78. The number of nitrogens with one attached hydrogen (secondary N) is 1. The summed E-state index contributed by atoms with van der Waals surface area (Å²) in [6.07, 6.45) is 4.49. The Morgan fingerprint density at radius 3 is 3.07 bits per heavy atom. The summed E-state index contributed by atoms with van der Waals surface area (Å²) in [4.78, 5) is 11.0. The van der Waals surface area contributed by atoms with Gasteiger partial charge in [0.1, 0.15) is 5.38 Å². The van der Waals surface area contributed by atoms with Crippen molar-refractivity contribution in [1.82, 2.24) is 15.1 Å². The largest absolute Gasteiger partial charge is 0.355 e. The van der Waals surface area contributed by atoms with Gasteiger partial charge in [-0.3, -0.25) is 9.48 Å². The highest BCUT2D eigenvalue weighted by Crippen LogP contribution is 1.93. The molecule has 78 valence electrons. The molecular weight excluding hydrogens is 202 g/mol. The molecule has 1 amide bonds. The maximum atomic E-state index is 11.0. The zero-order valence-corrected chi connectivity index (χ0v) is 8.87. The summed E-state index contributed by atoms with van der Waals surface area (Å²) in [5.41, 5.74) is 0. The van der Waals surface area contributed by atoms with Crippen LogP contribution in [0.4, 0.5) is 0 Å². The van der Waals surface area contributed by atoms with E-state index in [0.29, 0.717) is 6.54 Å². The minimum Gasteiger partial charge on any atom is -0.355 e. The first kappa shape index (κ1) is 11.0. The van der Waals surface area contributed by atoms with Gasteiger partial charge in [-0.25, -0.2) is 0 Å². The molecule has 1 unspecified atom stereocenters. The lowest BCUT2D eigenvalue weighted by Crippen LogP contribution is -2.30. The molecule has 5 heteroatoms. The van der Waals surface area contributed by atoms with Gasteiger partial charge in [-0.1, -0.05) is 0 Å². The Hall–Kier alpha value is -1.03. The number of aromatic nitrogens is 2. The van der Waals surface area contributed by atoms with Gasteiger partial charge in [-0.05, 0) is 19.4 Å². The Bertz CT molecular complexity index is 272. The minimum atomic E-state index is -0.459. The molecule has 0 spiro atoms. The fraction of sp³-hybridized carbons (Fsp3) is 0.556. The number of aryl methyl sites for hydroxylation is 1. The van der Waals surface area contributed by atoms with Gasteiger partial charge in [-0.15, -0.1) is 11.6 Å². The van der Waals surface area contributed by atoms with Gasteiger partial charge in [0.2, 0.25) is 5.91 Å². The standard InChI is InChI=1S/C9H14ClN3O/c1-8(10)9(14)11-4-2-6-13-7-3-5-12-13/h3,5,7-8H,2,4,6H2,1H3,(H,11,14). The van der Waals surface area contributed by atoms with E-state index in [-0.39, 0.29) is 5.91 Å². The molecule has 0 aliphatic carbocycles. The van der Waals surface area contributed by atoms with Crippen molar-refractivity contribution in [3.05, 3.63) is 18.5 Å². The average Bonchev–Trinajstić information content (AvgIpc) is 2.64. The van der Waals surface area contributed by atoms with Gasteiger partial charge in [0, 0.05) is 25.5 Å². The van der Waals surface area contributed by atoms with Crippen LogP contribution in [0.5, 0.6) is 0 Å². The number of hydrogen-bond donors (Lipinski definition) is 1. The Balaban J connectivity index is 2.08. The van der Waals surface area contributed by atoms with Crippen LogP contribution < -0.4 is 5.32 Å². The van der Waals surface area contributed by atoms with Gasteiger partial charge in [0.15, 0.2) is 0 Å². The zero-order chi connectivity index (χ0) is 10.4. The van der Waals surface area contributed by atoms with Crippen LogP contribution in [-0.2, 0) is 11.3 Å². The highest BCUT2D eigenvalue weighted by molar-refractivity contribution is 6.30. The van der Waals surface area contributed by atoms with Crippen molar-refractivity contribution in [2.45, 2.75) is 25.3 Å². The molecule has 1 rings (SSSR count). The zero-order valence-electron chi connectivity index (χ0n) is 8.11. The molecule has 0 aliphatic heterocycles. The number of carbonyl (C=O) groups excluding carboxylic acids is 1. The maximum absolute atomic E-state index is 11.0. The second-order valence-corrected chi connectivity index (χ2v) is 3.68. The molecule has 0 aromatic carbocycles. The highest BCUT2D eigenvalue weighted by Gasteiger charge is 2.06. The van der Waals surface area contributed by atoms with Crippen molar-refractivity contribution in [2.75, 3.05) is 6.54 Å². The van der Waals surface area contributed by atoms with E-state index >= 15 is 0 Å². The minimum absolute atomic E-state index is 0.118. The third-order valence-corrected chi connectivity index (χ3v) is 1.98. The van der Waals surface area contributed by atoms with Crippen LogP contribution >= 0.6 is 11.6 Å². The van der Waals surface area contributed by atoms with Crippen molar-refractivity contribution < 1.29 is 4.79 Å². The topological polar surface area (TPSA) is 46.9 Å². The van der Waals surface area contributed by atoms with Crippen molar-refractivity contribution in [2.24, 2.45) is 0 Å². The monoisotopic (exact) mass is 215 g/mol. The smallest absolute Gasteiger partial charge is 0.237 e. The third kappa shape index (κ3) is 3.79. The molecule has 0 radical (unpaired) electrons. The molecule has 1 heterocycles. The normalized spacial score (nSPS) is 12.4. The molecule has 1 N–H and O–H groups in total. The first-order chi connectivity index (χ1) is 6.70. The summed E-state index contributed by atoms with van der Waals surface area (Å²) >= 11 is 5.58. The molecule has 1 aromatic heterocycles. The van der Waals surface area contributed by atoms with E-state index in [1.54, 1.807) is 13.1 Å². The molecule has 1 atom stereocenters. The summed E-state index contributed by atoms with van der Waals surface area (Å²) in [5.74, 6) is -0.118. The van der Waals surface area contributed by atoms with Gasteiger partial charge in [0.05, 0.1) is 0 Å². The van der Waals surface area contributed by atoms with Gasteiger partial charge in [0.25, 0.3) is 0 Å². The predicted molar refractivity (Wildman–Crippen MR) is 55.2 cm³/mol. The van der Waals surface area contributed by atoms with Crippen LogP contribution in [0.1, 0.15) is 13.3 Å². The van der Waals surface area contributed by atoms with Gasteiger partial charge < -0.3 is 5.32 Å². The first-order valence-electron chi connectivity index (χ1n) is 4.59. The summed E-state index contributed by atoms with van der Waals surface area (Å²) in [7, 11) is 0. The van der Waals surface area contributed by atoms with Crippen LogP contribution in [0, 0.1) is 0 Å². The molecule has 0 saturated heterocycles. The number of hydrogen-bond acceptors (Lipinski definition) is 2. The van der Waals surface area contributed by atoms with Gasteiger partial charge >= 0.3 is 0 Å². The first-order valence-corrected chi connectivity index (χ1v) is 5.03. The van der Waals surface area contributed by atoms with Crippen molar-refractivity contribution in [3.8, 4) is 0 Å². The van der Waals surface area contributed by atoms with Crippen molar-refractivity contribution in [1.29, 1.82) is 0 Å². The Morgan fingerprint density at radius 2 is 2.50 bits per heavy atom. The summed E-state index contributed by atoms with van der Waals surface area (Å²) in [6, 6.07) is 1.87. The van der Waals surface area contributed by atoms with E-state index in [4.69, 9.17) is 11.6 Å². The lowest BCUT2D eigenvalue weighted by atomic mass is 10.4. The predicted octanol–water partition coefficient (Wildman–Crippen LogP) is 1.02. The van der Waals surface area contributed by atoms with E-state index < -0.39 is 5.38 Å². The average molecular weight is 216 g/mol. The Kier molecular flexibility index (Phi) is 4.46. The van der Waals surface area contributed by atoms with Crippen LogP contribution in [0.2, 0.25) is 0 Å². The number of carbonyl (C=O) groups is 1. The van der Waals surface area contributed by atoms with Gasteiger partial charge in [-0.2, -0.15) is 5.10 Å². The second kappa shape index (κ2) is 5.65. The molecular formula is C9H14ClN3O. The second-order valence-electron chi connectivity index (χ2n) is 3.03. The summed E-state index contributed by atoms with van der Waals surface area (Å²) < 4.78 is 1.83. The molecule has 0 aliphatic rings. The van der Waals surface area contributed by atoms with Crippen molar-refractivity contribution in [3.63, 3.8) is 0 Å². The molecule has 1 aromatic rings. The van der Waals surface area contributed by atoms with E-state index in [1.807, 2.05) is 16.9 Å². The SMILES string of the molecule is CC(Cl)C(=O)NCCCn1cccn1. The van der Waals surface area contributed by atoms with E-state index in [2.05, 4.69) is 10.4 Å². The van der Waals surface area contributed by atoms with Crippen molar-refractivity contribution >= 4 is 17.5 Å². The highest BCUT2D eigenvalue weighted by atomic mass is 35.5. The molecule has 14 heavy (non-hydrogen) atoms. The molecule has 0 bridgehead atoms. The van der Waals surface area contributed by atoms with E-state index in [9.17, 15) is 4.79 Å². The lowest BCUT2D eigenvalue weighted by Gasteiger charge is -2.06. The molecule has 4 nitrogen and oxygen atoms in total. The molecule has 0 saturated carbocycles. The van der Waals surface area contributed by atoms with Crippen LogP contribution in [0.25, 0.3) is 0 Å². The lowest BCUT2D eigenvalue weighted by molar-refractivity contribution is -0.120. The summed E-state index contributed by atoms with van der Waals surface area (Å²) in [6.45, 7) is 3.10. The Labute approximate surface area is 88.2 Å². The van der Waals surface area contributed by atoms with Crippen LogP contribution in [0.15, 0.2) is 18.5 Å². The van der Waals surface area contributed by atoms with E-state index in [1.165, 1.54) is 0 Å². The number of halogens is 1. The van der Waals surface area contributed by atoms with Crippen LogP contribution in [0.3, 0.4) is 0 Å². The van der Waals surface area contributed by atoms with Crippen LogP contribution in [-0.4, -0.2) is 27.6 Å². The Morgan fingerprint density at radius 1 is 1.71 bits per heavy atom. The maximum Gasteiger partial charge on any atom is 0.237 e. The quantitative estimate of drug-likeness (QED) is 0.589. The number of amides is 1. The number of nitrogens with zero attached hydrogens (tertiary/aromatic N) is 2. The summed E-state index contributed by atoms with van der Waals surface area (Å²) in [5, 5.41) is 6.32. The fourth-order valence-corrected chi connectivity index (χ4v) is 1.10. The molecule has 0 fully saturated rings. The number of alkyl halides is 1. The van der Waals surface area contributed by atoms with E-state index in [0.717, 1.165) is 13.0 Å². The number of rotatable bonds is 5.